The summed E-state index contributed by atoms with van der Waals surface area (Å²) >= 11 is 0. The molecule has 2 N–H and O–H groups in total. The summed E-state index contributed by atoms with van der Waals surface area (Å²) in [5.41, 5.74) is 10.8. The van der Waals surface area contributed by atoms with Crippen LogP contribution in [0.4, 0.5) is 0 Å². The molecular formula is C19H28N2. The summed E-state index contributed by atoms with van der Waals surface area (Å²) in [6.45, 7) is 7.22. The minimum absolute atomic E-state index is 0.160. The molecule has 4 aliphatic rings. The molecule has 2 heteroatoms. The number of aromatic nitrogens is 1. The van der Waals surface area contributed by atoms with Crippen LogP contribution >= 0.6 is 0 Å². The van der Waals surface area contributed by atoms with Crippen molar-refractivity contribution in [1.82, 2.24) is 4.98 Å². The topological polar surface area (TPSA) is 38.9 Å². The number of aryl methyl sites for hydroxylation is 1. The van der Waals surface area contributed by atoms with Gasteiger partial charge in [0.15, 0.2) is 0 Å². The van der Waals surface area contributed by atoms with Gasteiger partial charge in [-0.3, -0.25) is 4.98 Å². The number of hydrogen-bond acceptors (Lipinski definition) is 2. The smallest absolute Gasteiger partial charge is 0.0370 e. The molecule has 3 atom stereocenters. The van der Waals surface area contributed by atoms with Crippen molar-refractivity contribution in [2.75, 3.05) is 0 Å². The Hall–Kier alpha value is -0.890. The molecule has 0 aliphatic heterocycles. The first kappa shape index (κ1) is 13.8. The molecule has 21 heavy (non-hydrogen) atoms. The van der Waals surface area contributed by atoms with Crippen molar-refractivity contribution < 1.29 is 0 Å². The van der Waals surface area contributed by atoms with Gasteiger partial charge in [-0.15, -0.1) is 0 Å². The zero-order valence-electron chi connectivity index (χ0n) is 13.7. The summed E-state index contributed by atoms with van der Waals surface area (Å²) in [4.78, 5) is 4.35. The van der Waals surface area contributed by atoms with Crippen molar-refractivity contribution in [3.63, 3.8) is 0 Å². The molecule has 4 saturated carbocycles. The second-order valence-electron chi connectivity index (χ2n) is 9.20. The van der Waals surface area contributed by atoms with E-state index in [1.54, 1.807) is 0 Å². The Kier molecular flexibility index (Phi) is 2.68. The molecule has 0 spiro atoms. The van der Waals surface area contributed by atoms with Crippen molar-refractivity contribution >= 4 is 0 Å². The predicted octanol–water partition coefficient (Wildman–Crippen LogP) is 4.39. The molecule has 114 valence electrons. The fourth-order valence-electron chi connectivity index (χ4n) is 7.01. The normalized spacial score (nSPS) is 45.8. The van der Waals surface area contributed by atoms with Gasteiger partial charge in [-0.2, -0.15) is 0 Å². The van der Waals surface area contributed by atoms with Gasteiger partial charge in [-0.05, 0) is 84.8 Å². The van der Waals surface area contributed by atoms with Gasteiger partial charge in [0.05, 0.1) is 0 Å². The highest BCUT2D eigenvalue weighted by molar-refractivity contribution is 5.29. The highest BCUT2D eigenvalue weighted by atomic mass is 14.8. The molecular weight excluding hydrogens is 256 g/mol. The summed E-state index contributed by atoms with van der Waals surface area (Å²) < 4.78 is 0. The minimum atomic E-state index is 0.160. The standard InChI is InChI=1S/C19H28N2/c1-13-4-5-21-9-15(13)16(20)19-8-14-6-17(2,11-19)10-18(3,7-14)12-19/h4-5,9,14,16H,6-8,10-12,20H2,1-3H3. The molecule has 4 bridgehead atoms. The third-order valence-electron chi connectivity index (χ3n) is 6.74. The molecule has 0 amide bonds. The molecule has 3 unspecified atom stereocenters. The Morgan fingerprint density at radius 3 is 2.38 bits per heavy atom. The molecule has 1 aromatic heterocycles. The molecule has 0 radical (unpaired) electrons. The Bertz CT molecular complexity index is 561. The van der Waals surface area contributed by atoms with E-state index in [-0.39, 0.29) is 6.04 Å². The number of nitrogens with two attached hydrogens (primary N) is 1. The maximum atomic E-state index is 6.87. The fraction of sp³-hybridized carbons (Fsp3) is 0.737. The first-order chi connectivity index (χ1) is 9.83. The van der Waals surface area contributed by atoms with Crippen LogP contribution in [-0.2, 0) is 0 Å². The lowest BCUT2D eigenvalue weighted by atomic mass is 9.39. The summed E-state index contributed by atoms with van der Waals surface area (Å²) in [5, 5.41) is 0. The van der Waals surface area contributed by atoms with Crippen LogP contribution < -0.4 is 5.73 Å². The van der Waals surface area contributed by atoms with Crippen molar-refractivity contribution in [2.45, 2.75) is 65.3 Å². The largest absolute Gasteiger partial charge is 0.323 e. The maximum absolute atomic E-state index is 6.87. The quantitative estimate of drug-likeness (QED) is 0.875. The second kappa shape index (κ2) is 4.10. The van der Waals surface area contributed by atoms with Crippen LogP contribution in [0.3, 0.4) is 0 Å². The Morgan fingerprint density at radius 2 is 1.81 bits per heavy atom. The van der Waals surface area contributed by atoms with E-state index in [1.807, 2.05) is 12.4 Å². The van der Waals surface area contributed by atoms with Crippen LogP contribution in [0, 0.1) is 29.1 Å². The second-order valence-corrected chi connectivity index (χ2v) is 9.20. The van der Waals surface area contributed by atoms with E-state index in [0.29, 0.717) is 16.2 Å². The van der Waals surface area contributed by atoms with Gasteiger partial charge in [0.1, 0.15) is 0 Å². The molecule has 0 saturated heterocycles. The van der Waals surface area contributed by atoms with E-state index in [2.05, 4.69) is 31.8 Å². The third kappa shape index (κ3) is 1.98. The minimum Gasteiger partial charge on any atom is -0.323 e. The monoisotopic (exact) mass is 284 g/mol. The summed E-state index contributed by atoms with van der Waals surface area (Å²) in [7, 11) is 0. The van der Waals surface area contributed by atoms with Gasteiger partial charge < -0.3 is 5.73 Å². The molecule has 1 aromatic rings. The van der Waals surface area contributed by atoms with Crippen molar-refractivity contribution in [3.8, 4) is 0 Å². The lowest BCUT2D eigenvalue weighted by Crippen LogP contribution is -2.58. The third-order valence-corrected chi connectivity index (χ3v) is 6.74. The van der Waals surface area contributed by atoms with Crippen LogP contribution in [0.15, 0.2) is 18.5 Å². The van der Waals surface area contributed by atoms with E-state index in [0.717, 1.165) is 5.92 Å². The lowest BCUT2D eigenvalue weighted by Gasteiger charge is -2.67. The van der Waals surface area contributed by atoms with E-state index < -0.39 is 0 Å². The predicted molar refractivity (Wildman–Crippen MR) is 85.7 cm³/mol. The van der Waals surface area contributed by atoms with Gasteiger partial charge in [0.2, 0.25) is 0 Å². The number of rotatable bonds is 2. The first-order valence-electron chi connectivity index (χ1n) is 8.49. The SMILES string of the molecule is Cc1ccncc1C(N)C12CC3CC(C)(CC(C)(C3)C1)C2. The van der Waals surface area contributed by atoms with Gasteiger partial charge in [-0.25, -0.2) is 0 Å². The molecule has 4 fully saturated rings. The number of nitrogens with zero attached hydrogens (tertiary/aromatic N) is 1. The van der Waals surface area contributed by atoms with E-state index in [1.165, 1.54) is 49.7 Å². The Balaban J connectivity index is 1.76. The van der Waals surface area contributed by atoms with Gasteiger partial charge in [-0.1, -0.05) is 13.8 Å². The highest BCUT2D eigenvalue weighted by Crippen LogP contribution is 2.71. The fourth-order valence-corrected chi connectivity index (χ4v) is 7.01. The van der Waals surface area contributed by atoms with Gasteiger partial charge in [0.25, 0.3) is 0 Å². The molecule has 1 heterocycles. The molecule has 4 aliphatic carbocycles. The zero-order valence-corrected chi connectivity index (χ0v) is 13.7. The zero-order chi connectivity index (χ0) is 14.9. The highest BCUT2D eigenvalue weighted by Gasteiger charge is 2.61. The van der Waals surface area contributed by atoms with Crippen LogP contribution in [0.1, 0.15) is 69.5 Å². The van der Waals surface area contributed by atoms with E-state index >= 15 is 0 Å². The van der Waals surface area contributed by atoms with Crippen molar-refractivity contribution in [3.05, 3.63) is 29.6 Å². The van der Waals surface area contributed by atoms with Crippen molar-refractivity contribution in [1.29, 1.82) is 0 Å². The van der Waals surface area contributed by atoms with Crippen LogP contribution in [-0.4, -0.2) is 4.98 Å². The van der Waals surface area contributed by atoms with E-state index in [4.69, 9.17) is 5.73 Å². The summed E-state index contributed by atoms with van der Waals surface area (Å²) in [5.74, 6) is 0.902. The van der Waals surface area contributed by atoms with Crippen molar-refractivity contribution in [2.24, 2.45) is 27.9 Å². The van der Waals surface area contributed by atoms with Gasteiger partial charge >= 0.3 is 0 Å². The maximum Gasteiger partial charge on any atom is 0.0370 e. The number of pyridine rings is 1. The van der Waals surface area contributed by atoms with Gasteiger partial charge in [0, 0.05) is 18.4 Å². The Labute approximate surface area is 128 Å². The van der Waals surface area contributed by atoms with Crippen LogP contribution in [0.25, 0.3) is 0 Å². The average molecular weight is 284 g/mol. The van der Waals surface area contributed by atoms with Crippen LogP contribution in [0.5, 0.6) is 0 Å². The molecule has 0 aromatic carbocycles. The number of hydrogen-bond donors (Lipinski definition) is 1. The summed E-state index contributed by atoms with van der Waals surface area (Å²) in [6, 6.07) is 2.27. The lowest BCUT2D eigenvalue weighted by molar-refractivity contribution is -0.154. The first-order valence-corrected chi connectivity index (χ1v) is 8.49. The summed E-state index contributed by atoms with van der Waals surface area (Å²) in [6.07, 6.45) is 12.2. The average Bonchev–Trinajstić information content (AvgIpc) is 2.34. The molecule has 2 nitrogen and oxygen atoms in total. The van der Waals surface area contributed by atoms with E-state index in [9.17, 15) is 0 Å². The van der Waals surface area contributed by atoms with Crippen LogP contribution in [0.2, 0.25) is 0 Å². The molecule has 5 rings (SSSR count). The Morgan fingerprint density at radius 1 is 1.14 bits per heavy atom.